The highest BCUT2D eigenvalue weighted by Crippen LogP contribution is 2.25. The van der Waals surface area contributed by atoms with Crippen LogP contribution in [0.5, 0.6) is 0 Å². The molecule has 21 heavy (non-hydrogen) atoms. The number of aliphatic carboxylic acids is 1. The highest BCUT2D eigenvalue weighted by molar-refractivity contribution is 7.89. The lowest BCUT2D eigenvalue weighted by Gasteiger charge is -2.18. The Morgan fingerprint density at radius 2 is 2.24 bits per heavy atom. The van der Waals surface area contributed by atoms with Crippen LogP contribution in [0.25, 0.3) is 0 Å². The lowest BCUT2D eigenvalue weighted by atomic mass is 10.2. The molecule has 1 N–H and O–H groups in total. The van der Waals surface area contributed by atoms with Crippen LogP contribution in [-0.2, 0) is 19.6 Å². The van der Waals surface area contributed by atoms with Gasteiger partial charge in [0.2, 0.25) is 10.0 Å². The number of hydrogen-bond donors (Lipinski definition) is 1. The van der Waals surface area contributed by atoms with Crippen molar-refractivity contribution in [2.45, 2.75) is 24.3 Å². The number of sulfonamides is 1. The highest BCUT2D eigenvalue weighted by Gasteiger charge is 2.34. The lowest BCUT2D eigenvalue weighted by Crippen LogP contribution is -2.31. The Morgan fingerprint density at radius 3 is 2.90 bits per heavy atom. The molecular formula is C13H16FNO5S. The van der Waals surface area contributed by atoms with E-state index in [0.717, 1.165) is 0 Å². The second kappa shape index (κ2) is 6.08. The van der Waals surface area contributed by atoms with Crippen molar-refractivity contribution in [1.82, 2.24) is 4.31 Å². The Kier molecular flexibility index (Phi) is 4.60. The number of nitrogens with zero attached hydrogens (tertiary/aromatic N) is 1. The maximum absolute atomic E-state index is 13.5. The van der Waals surface area contributed by atoms with Gasteiger partial charge in [-0.15, -0.1) is 0 Å². The standard InChI is InChI=1S/C13H16FNO5S/c1-9-11(14)3-2-4-12(9)21(18,19)15-6-5-10(7-15)20-8-13(16)17/h2-4,10H,5-8H2,1H3,(H,16,17)/t10-/m0/s1. The monoisotopic (exact) mass is 317 g/mol. The second-order valence-electron chi connectivity index (χ2n) is 4.84. The summed E-state index contributed by atoms with van der Waals surface area (Å²) in [6, 6.07) is 3.92. The molecule has 1 aliphatic rings. The van der Waals surface area contributed by atoms with Crippen LogP contribution in [0.1, 0.15) is 12.0 Å². The Hall–Kier alpha value is -1.51. The molecular weight excluding hydrogens is 301 g/mol. The molecule has 0 bridgehead atoms. The molecule has 0 aliphatic carbocycles. The normalized spacial score (nSPS) is 19.8. The number of hydrogen-bond acceptors (Lipinski definition) is 4. The zero-order valence-corrected chi connectivity index (χ0v) is 12.3. The van der Waals surface area contributed by atoms with Gasteiger partial charge in [-0.25, -0.2) is 17.6 Å². The van der Waals surface area contributed by atoms with E-state index in [1.165, 1.54) is 29.4 Å². The second-order valence-corrected chi connectivity index (χ2v) is 6.75. The van der Waals surface area contributed by atoms with Gasteiger partial charge in [0.25, 0.3) is 0 Å². The van der Waals surface area contributed by atoms with E-state index < -0.39 is 34.5 Å². The first-order chi connectivity index (χ1) is 9.82. The van der Waals surface area contributed by atoms with Crippen LogP contribution in [-0.4, -0.2) is 49.6 Å². The topological polar surface area (TPSA) is 83.9 Å². The maximum atomic E-state index is 13.5. The van der Waals surface area contributed by atoms with Crippen molar-refractivity contribution in [2.24, 2.45) is 0 Å². The van der Waals surface area contributed by atoms with Crippen molar-refractivity contribution >= 4 is 16.0 Å². The third-order valence-electron chi connectivity index (χ3n) is 3.39. The van der Waals surface area contributed by atoms with Gasteiger partial charge in [0.15, 0.2) is 0 Å². The van der Waals surface area contributed by atoms with Crippen molar-refractivity contribution in [1.29, 1.82) is 0 Å². The van der Waals surface area contributed by atoms with Gasteiger partial charge >= 0.3 is 5.97 Å². The molecule has 1 aromatic rings. The summed E-state index contributed by atoms with van der Waals surface area (Å²) in [5.41, 5.74) is 0.0763. The molecule has 0 aromatic heterocycles. The number of ether oxygens (including phenoxy) is 1. The Balaban J connectivity index is 2.14. The van der Waals surface area contributed by atoms with Crippen molar-refractivity contribution in [2.75, 3.05) is 19.7 Å². The quantitative estimate of drug-likeness (QED) is 0.876. The number of carboxylic acid groups (broad SMARTS) is 1. The Bertz CT molecular complexity index is 646. The molecule has 0 spiro atoms. The third-order valence-corrected chi connectivity index (χ3v) is 5.40. The summed E-state index contributed by atoms with van der Waals surface area (Å²) in [4.78, 5) is 10.4. The first-order valence-electron chi connectivity index (χ1n) is 6.41. The van der Waals surface area contributed by atoms with Crippen molar-refractivity contribution < 1.29 is 27.4 Å². The first kappa shape index (κ1) is 15.9. The SMILES string of the molecule is Cc1c(F)cccc1S(=O)(=O)N1CC[C@H](OCC(=O)O)C1. The molecule has 2 rings (SSSR count). The van der Waals surface area contributed by atoms with Crippen molar-refractivity contribution in [3.05, 3.63) is 29.6 Å². The van der Waals surface area contributed by atoms with Crippen LogP contribution in [0, 0.1) is 12.7 Å². The van der Waals surface area contributed by atoms with Crippen LogP contribution in [0.2, 0.25) is 0 Å². The fourth-order valence-electron chi connectivity index (χ4n) is 2.25. The fourth-order valence-corrected chi connectivity index (χ4v) is 3.97. The molecule has 1 saturated heterocycles. The predicted octanol–water partition coefficient (Wildman–Crippen LogP) is 0.998. The smallest absolute Gasteiger partial charge is 0.329 e. The van der Waals surface area contributed by atoms with E-state index in [1.807, 2.05) is 0 Å². The van der Waals surface area contributed by atoms with Gasteiger partial charge in [-0.2, -0.15) is 4.31 Å². The molecule has 1 aromatic carbocycles. The third kappa shape index (κ3) is 3.39. The van der Waals surface area contributed by atoms with E-state index in [2.05, 4.69) is 0 Å². The number of carbonyl (C=O) groups is 1. The summed E-state index contributed by atoms with van der Waals surface area (Å²) in [6.45, 7) is 1.25. The van der Waals surface area contributed by atoms with Gasteiger partial charge in [0, 0.05) is 18.7 Å². The summed E-state index contributed by atoms with van der Waals surface area (Å²) in [5, 5.41) is 8.55. The number of halogens is 1. The van der Waals surface area contributed by atoms with E-state index >= 15 is 0 Å². The van der Waals surface area contributed by atoms with Crippen molar-refractivity contribution in [3.63, 3.8) is 0 Å². The van der Waals surface area contributed by atoms with E-state index in [4.69, 9.17) is 9.84 Å². The zero-order chi connectivity index (χ0) is 15.6. The van der Waals surface area contributed by atoms with E-state index in [-0.39, 0.29) is 23.5 Å². The zero-order valence-electron chi connectivity index (χ0n) is 11.5. The van der Waals surface area contributed by atoms with E-state index in [1.54, 1.807) is 0 Å². The predicted molar refractivity (Wildman–Crippen MR) is 71.9 cm³/mol. The van der Waals surface area contributed by atoms with Gasteiger partial charge in [-0.1, -0.05) is 6.07 Å². The van der Waals surface area contributed by atoms with E-state index in [9.17, 15) is 17.6 Å². The summed E-state index contributed by atoms with van der Waals surface area (Å²) in [7, 11) is -3.80. The van der Waals surface area contributed by atoms with Crippen LogP contribution in [0.4, 0.5) is 4.39 Å². The van der Waals surface area contributed by atoms with Crippen molar-refractivity contribution in [3.8, 4) is 0 Å². The average Bonchev–Trinajstić information content (AvgIpc) is 2.89. The molecule has 0 unspecified atom stereocenters. The van der Waals surface area contributed by atoms with Gasteiger partial charge in [-0.05, 0) is 25.5 Å². The van der Waals surface area contributed by atoms with Gasteiger partial charge in [-0.3, -0.25) is 0 Å². The molecule has 0 saturated carbocycles. The molecule has 6 nitrogen and oxygen atoms in total. The van der Waals surface area contributed by atoms with Crippen LogP contribution < -0.4 is 0 Å². The van der Waals surface area contributed by atoms with E-state index in [0.29, 0.717) is 6.42 Å². The summed E-state index contributed by atoms with van der Waals surface area (Å²) in [5.74, 6) is -1.67. The Labute approximate surface area is 122 Å². The molecule has 0 amide bonds. The molecule has 8 heteroatoms. The summed E-state index contributed by atoms with van der Waals surface area (Å²) < 4.78 is 44.8. The minimum atomic E-state index is -3.80. The minimum Gasteiger partial charge on any atom is -0.480 e. The first-order valence-corrected chi connectivity index (χ1v) is 7.85. The molecule has 1 fully saturated rings. The summed E-state index contributed by atoms with van der Waals surface area (Å²) in [6.07, 6.45) is -0.0364. The highest BCUT2D eigenvalue weighted by atomic mass is 32.2. The number of benzene rings is 1. The number of carboxylic acids is 1. The van der Waals surface area contributed by atoms with Gasteiger partial charge < -0.3 is 9.84 Å². The van der Waals surface area contributed by atoms with Gasteiger partial charge in [0.05, 0.1) is 11.0 Å². The number of rotatable bonds is 5. The summed E-state index contributed by atoms with van der Waals surface area (Å²) >= 11 is 0. The lowest BCUT2D eigenvalue weighted by molar-refractivity contribution is -0.144. The largest absolute Gasteiger partial charge is 0.480 e. The molecule has 116 valence electrons. The maximum Gasteiger partial charge on any atom is 0.329 e. The van der Waals surface area contributed by atoms with Crippen LogP contribution in [0.15, 0.2) is 23.1 Å². The minimum absolute atomic E-state index is 0.0682. The fraction of sp³-hybridized carbons (Fsp3) is 0.462. The molecule has 0 radical (unpaired) electrons. The van der Waals surface area contributed by atoms with Gasteiger partial charge in [0.1, 0.15) is 12.4 Å². The van der Waals surface area contributed by atoms with Crippen LogP contribution >= 0.6 is 0 Å². The molecule has 1 atom stereocenters. The molecule has 1 aliphatic heterocycles. The van der Waals surface area contributed by atoms with Crippen LogP contribution in [0.3, 0.4) is 0 Å². The molecule has 1 heterocycles. The Morgan fingerprint density at radius 1 is 1.52 bits per heavy atom. The average molecular weight is 317 g/mol.